The molecule has 196 valence electrons. The van der Waals surface area contributed by atoms with E-state index < -0.39 is 16.0 Å². The molecule has 0 saturated heterocycles. The van der Waals surface area contributed by atoms with E-state index in [0.717, 1.165) is 10.4 Å². The highest BCUT2D eigenvalue weighted by Crippen LogP contribution is 2.31. The summed E-state index contributed by atoms with van der Waals surface area (Å²) in [6, 6.07) is 24.6. The van der Waals surface area contributed by atoms with Crippen LogP contribution in [0.3, 0.4) is 0 Å². The predicted octanol–water partition coefficient (Wildman–Crippen LogP) is 5.74. The lowest BCUT2D eigenvalue weighted by Gasteiger charge is -2.13. The number of nitrogens with one attached hydrogen (secondary N) is 3. The van der Waals surface area contributed by atoms with Crippen molar-refractivity contribution in [2.24, 2.45) is 0 Å². The first-order chi connectivity index (χ1) is 18.3. The fourth-order valence-electron chi connectivity index (χ4n) is 3.60. The molecule has 4 aromatic rings. The number of thiophene rings is 1. The van der Waals surface area contributed by atoms with E-state index in [2.05, 4.69) is 15.4 Å². The van der Waals surface area contributed by atoms with E-state index in [9.17, 15) is 13.2 Å². The normalized spacial score (nSPS) is 10.9. The predicted molar refractivity (Wildman–Crippen MR) is 155 cm³/mol. The molecule has 1 aromatic heterocycles. The van der Waals surface area contributed by atoms with Crippen LogP contribution in [-0.4, -0.2) is 33.7 Å². The lowest BCUT2D eigenvalue weighted by atomic mass is 10.1. The number of hydrogen-bond acceptors (Lipinski definition) is 7. The van der Waals surface area contributed by atoms with E-state index in [1.807, 2.05) is 30.3 Å². The fourth-order valence-corrected chi connectivity index (χ4v) is 6.03. The van der Waals surface area contributed by atoms with Crippen molar-refractivity contribution in [3.05, 3.63) is 101 Å². The smallest absolute Gasteiger partial charge is 0.340 e. The van der Waals surface area contributed by atoms with Crippen LogP contribution >= 0.6 is 23.6 Å². The molecular formula is C27H25N3O5S3. The van der Waals surface area contributed by atoms with Gasteiger partial charge >= 0.3 is 5.97 Å². The molecule has 0 radical (unpaired) electrons. The number of sulfonamides is 1. The van der Waals surface area contributed by atoms with Crippen LogP contribution in [-0.2, 0) is 21.2 Å². The summed E-state index contributed by atoms with van der Waals surface area (Å²) >= 11 is 6.86. The number of anilines is 3. The van der Waals surface area contributed by atoms with Gasteiger partial charge in [-0.2, -0.15) is 0 Å². The molecule has 0 aliphatic rings. The highest BCUT2D eigenvalue weighted by atomic mass is 32.2. The van der Waals surface area contributed by atoms with E-state index in [0.29, 0.717) is 34.1 Å². The average Bonchev–Trinajstić information content (AvgIpc) is 3.30. The molecule has 0 aliphatic heterocycles. The zero-order valence-corrected chi connectivity index (χ0v) is 23.0. The molecule has 0 saturated carbocycles. The summed E-state index contributed by atoms with van der Waals surface area (Å²) < 4.78 is 38.4. The summed E-state index contributed by atoms with van der Waals surface area (Å²) in [5.74, 6) is -0.0550. The zero-order valence-electron chi connectivity index (χ0n) is 20.6. The van der Waals surface area contributed by atoms with Gasteiger partial charge in [0, 0.05) is 17.0 Å². The van der Waals surface area contributed by atoms with Crippen LogP contribution < -0.4 is 20.1 Å². The molecule has 0 aliphatic carbocycles. The van der Waals surface area contributed by atoms with Gasteiger partial charge in [0.2, 0.25) is 0 Å². The van der Waals surface area contributed by atoms with Crippen LogP contribution in [0.25, 0.3) is 0 Å². The third-order valence-electron chi connectivity index (χ3n) is 5.41. The summed E-state index contributed by atoms with van der Waals surface area (Å²) in [5, 5.41) is 6.88. The first-order valence-corrected chi connectivity index (χ1v) is 14.1. The van der Waals surface area contributed by atoms with Gasteiger partial charge < -0.3 is 20.1 Å². The zero-order chi connectivity index (χ0) is 27.1. The topological polar surface area (TPSA) is 106 Å². The molecule has 0 amide bonds. The second-order valence-corrected chi connectivity index (χ2v) is 11.2. The lowest BCUT2D eigenvalue weighted by molar-refractivity contribution is 0.0602. The summed E-state index contributed by atoms with van der Waals surface area (Å²) in [6.45, 7) is 0. The molecule has 0 fully saturated rings. The number of ether oxygens (including phenoxy) is 2. The Morgan fingerprint density at radius 2 is 1.61 bits per heavy atom. The van der Waals surface area contributed by atoms with Crippen molar-refractivity contribution in [1.29, 1.82) is 0 Å². The van der Waals surface area contributed by atoms with Crippen molar-refractivity contribution in [3.63, 3.8) is 0 Å². The minimum absolute atomic E-state index is 0.0737. The largest absolute Gasteiger partial charge is 0.495 e. The number of methoxy groups -OCH3 is 2. The molecule has 38 heavy (non-hydrogen) atoms. The molecule has 3 aromatic carbocycles. The molecule has 11 heteroatoms. The van der Waals surface area contributed by atoms with Crippen LogP contribution in [0.2, 0.25) is 0 Å². The fraction of sp³-hybridized carbons (Fsp3) is 0.111. The lowest BCUT2D eigenvalue weighted by Crippen LogP contribution is -2.20. The van der Waals surface area contributed by atoms with E-state index in [-0.39, 0.29) is 10.0 Å². The van der Waals surface area contributed by atoms with Gasteiger partial charge in [0.1, 0.15) is 10.8 Å². The van der Waals surface area contributed by atoms with Crippen molar-refractivity contribution in [2.75, 3.05) is 29.6 Å². The van der Waals surface area contributed by atoms with Crippen LogP contribution in [0.15, 0.2) is 89.8 Å². The molecule has 0 unspecified atom stereocenters. The molecule has 0 spiro atoms. The van der Waals surface area contributed by atoms with E-state index in [1.165, 1.54) is 37.7 Å². The molecule has 1 heterocycles. The standard InChI is InChI=1S/C27H25N3O5S3/c1-34-24-11-7-6-10-23(24)30-38(32,33)21-14-12-19(13-15-21)28-27(36)29-25-22(26(31)35-2)17-20(37-25)16-18-8-4-3-5-9-18/h3-15,17,30H,16H2,1-2H3,(H2,28,29,36). The van der Waals surface area contributed by atoms with Crippen molar-refractivity contribution < 1.29 is 22.7 Å². The highest BCUT2D eigenvalue weighted by Gasteiger charge is 2.19. The Hall–Kier alpha value is -3.93. The Kier molecular flexibility index (Phi) is 8.62. The Morgan fingerprint density at radius 1 is 0.921 bits per heavy atom. The minimum Gasteiger partial charge on any atom is -0.495 e. The van der Waals surface area contributed by atoms with Crippen molar-refractivity contribution in [3.8, 4) is 5.75 Å². The summed E-state index contributed by atoms with van der Waals surface area (Å²) in [4.78, 5) is 13.4. The van der Waals surface area contributed by atoms with E-state index in [4.69, 9.17) is 21.7 Å². The second-order valence-electron chi connectivity index (χ2n) is 8.02. The number of para-hydroxylation sites is 2. The quantitative estimate of drug-likeness (QED) is 0.174. The Bertz CT molecular complexity index is 1540. The molecule has 0 atom stereocenters. The van der Waals surface area contributed by atoms with Gasteiger partial charge in [-0.15, -0.1) is 11.3 Å². The first-order valence-electron chi connectivity index (χ1n) is 11.4. The summed E-state index contributed by atoms with van der Waals surface area (Å²) in [5.41, 5.74) is 2.41. The number of rotatable bonds is 9. The maximum atomic E-state index is 12.8. The van der Waals surface area contributed by atoms with Crippen LogP contribution in [0, 0.1) is 0 Å². The maximum absolute atomic E-state index is 12.8. The number of carbonyl (C=O) groups is 1. The third kappa shape index (κ3) is 6.68. The average molecular weight is 568 g/mol. The number of carbonyl (C=O) groups excluding carboxylic acids is 1. The van der Waals surface area contributed by atoms with Crippen LogP contribution in [0.5, 0.6) is 5.75 Å². The van der Waals surface area contributed by atoms with Gasteiger partial charge in [-0.3, -0.25) is 4.72 Å². The van der Waals surface area contributed by atoms with Gasteiger partial charge in [-0.1, -0.05) is 42.5 Å². The van der Waals surface area contributed by atoms with Gasteiger partial charge in [0.25, 0.3) is 10.0 Å². The van der Waals surface area contributed by atoms with E-state index >= 15 is 0 Å². The van der Waals surface area contributed by atoms with Crippen molar-refractivity contribution in [2.45, 2.75) is 11.3 Å². The van der Waals surface area contributed by atoms with Gasteiger partial charge in [0.15, 0.2) is 5.11 Å². The SMILES string of the molecule is COC(=O)c1cc(Cc2ccccc2)sc1NC(=S)Nc1ccc(S(=O)(=O)Nc2ccccc2OC)cc1. The third-order valence-corrected chi connectivity index (χ3v) is 8.05. The van der Waals surface area contributed by atoms with Gasteiger partial charge in [0.05, 0.1) is 30.4 Å². The first kappa shape index (κ1) is 27.1. The minimum atomic E-state index is -3.84. The number of esters is 1. The highest BCUT2D eigenvalue weighted by molar-refractivity contribution is 7.92. The van der Waals surface area contributed by atoms with Gasteiger partial charge in [-0.25, -0.2) is 13.2 Å². The Balaban J connectivity index is 1.44. The van der Waals surface area contributed by atoms with Crippen molar-refractivity contribution >= 4 is 61.0 Å². The summed E-state index contributed by atoms with van der Waals surface area (Å²) in [6.07, 6.45) is 0.663. The van der Waals surface area contributed by atoms with Crippen LogP contribution in [0.4, 0.5) is 16.4 Å². The van der Waals surface area contributed by atoms with Gasteiger partial charge in [-0.05, 0) is 60.2 Å². The Morgan fingerprint density at radius 3 is 2.29 bits per heavy atom. The molecule has 0 bridgehead atoms. The molecular weight excluding hydrogens is 543 g/mol. The Labute approximate surface area is 230 Å². The van der Waals surface area contributed by atoms with Crippen LogP contribution in [0.1, 0.15) is 20.8 Å². The number of benzene rings is 3. The number of thiocarbonyl (C=S) groups is 1. The monoisotopic (exact) mass is 567 g/mol. The summed E-state index contributed by atoms with van der Waals surface area (Å²) in [7, 11) is -1.04. The van der Waals surface area contributed by atoms with E-state index in [1.54, 1.807) is 42.5 Å². The second kappa shape index (κ2) is 12.1. The molecule has 4 rings (SSSR count). The molecule has 3 N–H and O–H groups in total. The van der Waals surface area contributed by atoms with Crippen molar-refractivity contribution in [1.82, 2.24) is 0 Å². The maximum Gasteiger partial charge on any atom is 0.340 e. The molecule has 8 nitrogen and oxygen atoms in total. The number of hydrogen-bond donors (Lipinski definition) is 3.